The first kappa shape index (κ1) is 21.3. The van der Waals surface area contributed by atoms with Crippen LogP contribution in [0.5, 0.6) is 5.75 Å². The molecule has 1 aromatic carbocycles. The van der Waals surface area contributed by atoms with Gasteiger partial charge in [-0.2, -0.15) is 0 Å². The molecule has 31 heavy (non-hydrogen) atoms. The van der Waals surface area contributed by atoms with Crippen LogP contribution in [0.3, 0.4) is 0 Å². The number of phenolic OH excluding ortho intramolecular Hbond substituents is 1. The Labute approximate surface area is 181 Å². The molecule has 3 aromatic rings. The molecule has 0 amide bonds. The number of benzene rings is 1. The number of sulfonamides is 1. The zero-order chi connectivity index (χ0) is 22.2. The van der Waals surface area contributed by atoms with Crippen molar-refractivity contribution in [2.45, 2.75) is 42.7 Å². The van der Waals surface area contributed by atoms with Crippen molar-refractivity contribution < 1.29 is 13.5 Å². The molecule has 1 aliphatic rings. The summed E-state index contributed by atoms with van der Waals surface area (Å²) in [5, 5.41) is 21.6. The van der Waals surface area contributed by atoms with Crippen LogP contribution in [-0.2, 0) is 10.0 Å². The van der Waals surface area contributed by atoms with Gasteiger partial charge in [0.15, 0.2) is 5.65 Å². The van der Waals surface area contributed by atoms with Crippen LogP contribution in [-0.4, -0.2) is 58.6 Å². The summed E-state index contributed by atoms with van der Waals surface area (Å²) in [6, 6.07) is 6.60. The van der Waals surface area contributed by atoms with Crippen molar-refractivity contribution in [2.24, 2.45) is 5.73 Å². The molecule has 1 aliphatic carbocycles. The fourth-order valence-electron chi connectivity index (χ4n) is 3.69. The Morgan fingerprint density at radius 3 is 2.58 bits per heavy atom. The molecular weight excluding hydrogens is 418 g/mol. The van der Waals surface area contributed by atoms with Crippen LogP contribution < -0.4 is 16.4 Å². The van der Waals surface area contributed by atoms with Crippen molar-refractivity contribution in [1.29, 1.82) is 0 Å². The first-order valence-corrected chi connectivity index (χ1v) is 11.6. The van der Waals surface area contributed by atoms with Gasteiger partial charge in [-0.05, 0) is 37.8 Å². The van der Waals surface area contributed by atoms with Crippen molar-refractivity contribution >= 4 is 32.9 Å². The first-order valence-electron chi connectivity index (χ1n) is 10.1. The van der Waals surface area contributed by atoms with Crippen molar-refractivity contribution in [3.05, 3.63) is 36.7 Å². The van der Waals surface area contributed by atoms with Crippen LogP contribution >= 0.6 is 0 Å². The van der Waals surface area contributed by atoms with Gasteiger partial charge in [0.05, 0.1) is 16.3 Å². The number of nitrogens with two attached hydrogens (primary N) is 1. The van der Waals surface area contributed by atoms with Gasteiger partial charge in [0, 0.05) is 50.7 Å². The zero-order valence-corrected chi connectivity index (χ0v) is 18.3. The molecule has 0 saturated heterocycles. The molecule has 0 atom stereocenters. The number of nitrogens with one attached hydrogen (secondary N) is 2. The van der Waals surface area contributed by atoms with E-state index in [-0.39, 0.29) is 16.7 Å². The second kappa shape index (κ2) is 8.33. The third-order valence-corrected chi connectivity index (χ3v) is 7.31. The summed E-state index contributed by atoms with van der Waals surface area (Å²) in [6.07, 6.45) is 7.31. The molecule has 1 saturated carbocycles. The minimum atomic E-state index is -3.64. The lowest BCUT2D eigenvalue weighted by Crippen LogP contribution is -2.33. The average molecular weight is 446 g/mol. The number of aromatic nitrogens is 3. The standard InChI is InChI=1S/C20H27N7O3S/c1-26(2)31(29,30)15-7-8-16(18(28)11-15)24-17-12-19(25-27-10-9-22-20(17)27)23-14-5-3-13(21)4-6-14/h7-14,24,28H,3-6,21H2,1-2H3,(H,23,25). The van der Waals surface area contributed by atoms with Crippen LogP contribution in [0.4, 0.5) is 17.2 Å². The highest BCUT2D eigenvalue weighted by Gasteiger charge is 2.21. The maximum Gasteiger partial charge on any atom is 0.242 e. The highest BCUT2D eigenvalue weighted by Crippen LogP contribution is 2.32. The van der Waals surface area contributed by atoms with E-state index in [9.17, 15) is 13.5 Å². The number of hydrogen-bond donors (Lipinski definition) is 4. The number of aromatic hydroxyl groups is 1. The van der Waals surface area contributed by atoms with E-state index in [1.807, 2.05) is 6.07 Å². The summed E-state index contributed by atoms with van der Waals surface area (Å²) in [5.74, 6) is 0.500. The number of imidazole rings is 1. The maximum absolute atomic E-state index is 12.3. The van der Waals surface area contributed by atoms with Gasteiger partial charge in [-0.15, -0.1) is 5.10 Å². The fourth-order valence-corrected chi connectivity index (χ4v) is 4.61. The highest BCUT2D eigenvalue weighted by molar-refractivity contribution is 7.89. The van der Waals surface area contributed by atoms with Gasteiger partial charge in [0.2, 0.25) is 10.0 Å². The van der Waals surface area contributed by atoms with Crippen LogP contribution in [0.1, 0.15) is 25.7 Å². The van der Waals surface area contributed by atoms with Gasteiger partial charge < -0.3 is 21.5 Å². The molecule has 0 bridgehead atoms. The molecule has 0 unspecified atom stereocenters. The van der Waals surface area contributed by atoms with E-state index >= 15 is 0 Å². The Balaban J connectivity index is 1.61. The van der Waals surface area contributed by atoms with E-state index in [4.69, 9.17) is 5.73 Å². The van der Waals surface area contributed by atoms with Gasteiger partial charge >= 0.3 is 0 Å². The zero-order valence-electron chi connectivity index (χ0n) is 17.5. The molecule has 0 radical (unpaired) electrons. The quantitative estimate of drug-likeness (QED) is 0.423. The largest absolute Gasteiger partial charge is 0.506 e. The van der Waals surface area contributed by atoms with E-state index in [2.05, 4.69) is 20.7 Å². The molecule has 11 heteroatoms. The second-order valence-corrected chi connectivity index (χ2v) is 10.1. The van der Waals surface area contributed by atoms with Crippen LogP contribution in [0.2, 0.25) is 0 Å². The third-order valence-electron chi connectivity index (χ3n) is 5.50. The van der Waals surface area contributed by atoms with Crippen molar-refractivity contribution in [2.75, 3.05) is 24.7 Å². The first-order chi connectivity index (χ1) is 14.7. The van der Waals surface area contributed by atoms with E-state index in [1.165, 1.54) is 32.3 Å². The molecule has 4 rings (SSSR count). The van der Waals surface area contributed by atoms with E-state index in [0.717, 1.165) is 30.0 Å². The minimum Gasteiger partial charge on any atom is -0.506 e. The van der Waals surface area contributed by atoms with Gasteiger partial charge in [-0.1, -0.05) is 0 Å². The Morgan fingerprint density at radius 2 is 1.90 bits per heavy atom. The molecular formula is C20H27N7O3S. The smallest absolute Gasteiger partial charge is 0.242 e. The normalized spacial score (nSPS) is 19.6. The molecule has 1 fully saturated rings. The SMILES string of the molecule is CN(C)S(=O)(=O)c1ccc(Nc2cc(NC3CCC(N)CC3)nn3ccnc23)c(O)c1. The molecule has 2 heterocycles. The molecule has 166 valence electrons. The Morgan fingerprint density at radius 1 is 1.16 bits per heavy atom. The van der Waals surface area contributed by atoms with Gasteiger partial charge in [-0.25, -0.2) is 22.2 Å². The topological polar surface area (TPSA) is 138 Å². The Hall–Kier alpha value is -2.89. The summed E-state index contributed by atoms with van der Waals surface area (Å²) in [7, 11) is -0.755. The number of rotatable bonds is 6. The van der Waals surface area contributed by atoms with Crippen molar-refractivity contribution in [1.82, 2.24) is 18.9 Å². The lowest BCUT2D eigenvalue weighted by Gasteiger charge is -2.27. The van der Waals surface area contributed by atoms with E-state index in [0.29, 0.717) is 28.9 Å². The van der Waals surface area contributed by atoms with Gasteiger partial charge in [0.25, 0.3) is 0 Å². The third kappa shape index (κ3) is 4.43. The second-order valence-electron chi connectivity index (χ2n) is 7.99. The summed E-state index contributed by atoms with van der Waals surface area (Å²) in [4.78, 5) is 4.34. The minimum absolute atomic E-state index is 0.0131. The van der Waals surface area contributed by atoms with Crippen molar-refractivity contribution in [3.63, 3.8) is 0 Å². The molecule has 0 spiro atoms. The number of nitrogens with zero attached hydrogens (tertiary/aromatic N) is 4. The number of anilines is 3. The number of fused-ring (bicyclic) bond motifs is 1. The van der Waals surface area contributed by atoms with E-state index in [1.54, 1.807) is 16.9 Å². The highest BCUT2D eigenvalue weighted by atomic mass is 32.2. The predicted octanol–water partition coefficient (Wildman–Crippen LogP) is 2.11. The fraction of sp³-hybridized carbons (Fsp3) is 0.400. The molecule has 5 N–H and O–H groups in total. The summed E-state index contributed by atoms with van der Waals surface area (Å²) in [6.45, 7) is 0. The maximum atomic E-state index is 12.3. The van der Waals surface area contributed by atoms with E-state index < -0.39 is 10.0 Å². The molecule has 10 nitrogen and oxygen atoms in total. The number of phenols is 1. The Kier molecular flexibility index (Phi) is 5.73. The lowest BCUT2D eigenvalue weighted by molar-refractivity contribution is 0.410. The van der Waals surface area contributed by atoms with Gasteiger partial charge in [0.1, 0.15) is 11.6 Å². The lowest BCUT2D eigenvalue weighted by atomic mass is 9.92. The molecule has 0 aliphatic heterocycles. The monoisotopic (exact) mass is 445 g/mol. The number of hydrogen-bond acceptors (Lipinski definition) is 8. The predicted molar refractivity (Wildman–Crippen MR) is 119 cm³/mol. The Bertz CT molecular complexity index is 1180. The summed E-state index contributed by atoms with van der Waals surface area (Å²) in [5.41, 5.74) is 7.58. The molecule has 2 aromatic heterocycles. The average Bonchev–Trinajstić information content (AvgIpc) is 3.20. The summed E-state index contributed by atoms with van der Waals surface area (Å²) >= 11 is 0. The summed E-state index contributed by atoms with van der Waals surface area (Å²) < 4.78 is 27.4. The van der Waals surface area contributed by atoms with Crippen molar-refractivity contribution in [3.8, 4) is 5.75 Å². The van der Waals surface area contributed by atoms with Crippen LogP contribution in [0.25, 0.3) is 5.65 Å². The van der Waals surface area contributed by atoms with Gasteiger partial charge in [-0.3, -0.25) is 0 Å². The van der Waals surface area contributed by atoms with Crippen LogP contribution in [0, 0.1) is 0 Å². The van der Waals surface area contributed by atoms with Crippen LogP contribution in [0.15, 0.2) is 41.6 Å².